The highest BCUT2D eigenvalue weighted by Gasteiger charge is 2.29. The van der Waals surface area contributed by atoms with Crippen molar-refractivity contribution in [3.05, 3.63) is 24.0 Å². The van der Waals surface area contributed by atoms with Crippen molar-refractivity contribution in [3.8, 4) is 0 Å². The van der Waals surface area contributed by atoms with E-state index in [0.717, 1.165) is 18.7 Å². The van der Waals surface area contributed by atoms with Gasteiger partial charge in [-0.1, -0.05) is 6.92 Å². The molecule has 86 valence electrons. The van der Waals surface area contributed by atoms with Crippen LogP contribution < -0.4 is 4.90 Å². The topological polar surface area (TPSA) is 53.4 Å². The molecule has 0 amide bonds. The van der Waals surface area contributed by atoms with E-state index in [1.165, 1.54) is 6.20 Å². The lowest BCUT2D eigenvalue weighted by atomic mass is 10.1. The van der Waals surface area contributed by atoms with Crippen molar-refractivity contribution in [1.82, 2.24) is 4.98 Å². The highest BCUT2D eigenvalue weighted by Crippen LogP contribution is 2.30. The zero-order chi connectivity index (χ0) is 11.7. The summed E-state index contributed by atoms with van der Waals surface area (Å²) in [5.74, 6) is -0.348. The number of rotatable bonds is 2. The molecule has 1 fully saturated rings. The second kappa shape index (κ2) is 4.12. The van der Waals surface area contributed by atoms with Crippen LogP contribution in [0.2, 0.25) is 0 Å². The fraction of sp³-hybridized carbons (Fsp3) is 0.500. The summed E-state index contributed by atoms with van der Waals surface area (Å²) in [7, 11) is 0. The first-order valence-corrected chi connectivity index (χ1v) is 5.54. The molecule has 4 heteroatoms. The molecule has 4 nitrogen and oxygen atoms in total. The maximum Gasteiger partial charge on any atom is 0.356 e. The lowest BCUT2D eigenvalue weighted by Gasteiger charge is -2.24. The summed E-state index contributed by atoms with van der Waals surface area (Å²) >= 11 is 0. The molecule has 1 aliphatic rings. The Hall–Kier alpha value is -1.58. The van der Waals surface area contributed by atoms with Crippen molar-refractivity contribution >= 4 is 11.7 Å². The van der Waals surface area contributed by atoms with Crippen molar-refractivity contribution in [2.75, 3.05) is 11.4 Å². The summed E-state index contributed by atoms with van der Waals surface area (Å²) < 4.78 is 0. The van der Waals surface area contributed by atoms with Gasteiger partial charge in [-0.15, -0.1) is 0 Å². The smallest absolute Gasteiger partial charge is 0.356 e. The molecular formula is C12H16N2O2. The summed E-state index contributed by atoms with van der Waals surface area (Å²) in [6, 6.07) is 4.01. The molecule has 1 N–H and O–H groups in total. The minimum absolute atomic E-state index is 0.156. The standard InChI is InChI=1S/C12H16N2O2/c1-8-6-9(2)14(7-8)10-4-3-5-13-11(10)12(15)16/h3-5,8-9H,6-7H2,1-2H3,(H,15,16)/t8-,9-/m1/s1. The number of nitrogens with zero attached hydrogens (tertiary/aromatic N) is 2. The molecule has 16 heavy (non-hydrogen) atoms. The average molecular weight is 220 g/mol. The van der Waals surface area contributed by atoms with Gasteiger partial charge in [-0.2, -0.15) is 0 Å². The molecule has 1 aromatic heterocycles. The minimum Gasteiger partial charge on any atom is -0.476 e. The number of hydrogen-bond acceptors (Lipinski definition) is 3. The Balaban J connectivity index is 2.36. The van der Waals surface area contributed by atoms with Gasteiger partial charge in [0.1, 0.15) is 0 Å². The van der Waals surface area contributed by atoms with E-state index in [0.29, 0.717) is 12.0 Å². The summed E-state index contributed by atoms with van der Waals surface area (Å²) in [6.07, 6.45) is 2.63. The van der Waals surface area contributed by atoms with Crippen LogP contribution in [0.5, 0.6) is 0 Å². The van der Waals surface area contributed by atoms with E-state index >= 15 is 0 Å². The van der Waals surface area contributed by atoms with Crippen LogP contribution in [0.4, 0.5) is 5.69 Å². The number of aromatic nitrogens is 1. The lowest BCUT2D eigenvalue weighted by Crippen LogP contribution is -2.28. The molecule has 0 aromatic carbocycles. The summed E-state index contributed by atoms with van der Waals surface area (Å²) in [5, 5.41) is 9.09. The maximum absolute atomic E-state index is 11.1. The van der Waals surface area contributed by atoms with Gasteiger partial charge in [0.15, 0.2) is 5.69 Å². The Morgan fingerprint density at radius 3 is 2.88 bits per heavy atom. The fourth-order valence-electron chi connectivity index (χ4n) is 2.43. The van der Waals surface area contributed by atoms with Crippen molar-refractivity contribution in [3.63, 3.8) is 0 Å². The SMILES string of the molecule is C[C@@H]1C[C@@H](C)N(c2cccnc2C(=O)O)C1. The maximum atomic E-state index is 11.1. The van der Waals surface area contributed by atoms with Gasteiger partial charge >= 0.3 is 5.97 Å². The van der Waals surface area contributed by atoms with Gasteiger partial charge in [-0.25, -0.2) is 9.78 Å². The van der Waals surface area contributed by atoms with Crippen LogP contribution in [0.15, 0.2) is 18.3 Å². The van der Waals surface area contributed by atoms with Gasteiger partial charge in [-0.05, 0) is 31.4 Å². The Bertz CT molecular complexity index is 406. The van der Waals surface area contributed by atoms with Gasteiger partial charge in [0.25, 0.3) is 0 Å². The van der Waals surface area contributed by atoms with Crippen LogP contribution >= 0.6 is 0 Å². The van der Waals surface area contributed by atoms with E-state index < -0.39 is 5.97 Å². The molecule has 1 saturated heterocycles. The van der Waals surface area contributed by atoms with Gasteiger partial charge in [0, 0.05) is 18.8 Å². The number of anilines is 1. The van der Waals surface area contributed by atoms with E-state index in [1.54, 1.807) is 6.07 Å². The predicted octanol–water partition coefficient (Wildman–Crippen LogP) is 2.01. The third-order valence-electron chi connectivity index (χ3n) is 3.08. The van der Waals surface area contributed by atoms with E-state index in [2.05, 4.69) is 23.7 Å². The first-order chi connectivity index (χ1) is 7.59. The fourth-order valence-corrected chi connectivity index (χ4v) is 2.43. The number of carbonyl (C=O) groups is 1. The third-order valence-corrected chi connectivity index (χ3v) is 3.08. The molecular weight excluding hydrogens is 204 g/mol. The largest absolute Gasteiger partial charge is 0.476 e. The van der Waals surface area contributed by atoms with Crippen molar-refractivity contribution in [1.29, 1.82) is 0 Å². The average Bonchev–Trinajstić information content (AvgIpc) is 2.57. The number of carboxylic acid groups (broad SMARTS) is 1. The zero-order valence-electron chi connectivity index (χ0n) is 9.55. The highest BCUT2D eigenvalue weighted by molar-refractivity contribution is 5.92. The molecule has 0 spiro atoms. The number of carboxylic acids is 1. The van der Waals surface area contributed by atoms with Crippen molar-refractivity contribution in [2.24, 2.45) is 5.92 Å². The molecule has 0 bridgehead atoms. The van der Waals surface area contributed by atoms with E-state index in [4.69, 9.17) is 5.11 Å². The van der Waals surface area contributed by atoms with Crippen LogP contribution in [0.1, 0.15) is 30.8 Å². The van der Waals surface area contributed by atoms with Gasteiger partial charge in [0.2, 0.25) is 0 Å². The molecule has 2 atom stereocenters. The Kier molecular flexibility index (Phi) is 2.81. The van der Waals surface area contributed by atoms with Gasteiger partial charge in [-0.3, -0.25) is 0 Å². The van der Waals surface area contributed by atoms with Gasteiger partial charge < -0.3 is 10.0 Å². The first-order valence-electron chi connectivity index (χ1n) is 5.54. The van der Waals surface area contributed by atoms with E-state index in [1.807, 2.05) is 6.07 Å². The van der Waals surface area contributed by atoms with Crippen LogP contribution in [0, 0.1) is 5.92 Å². The minimum atomic E-state index is -0.956. The Morgan fingerprint density at radius 1 is 1.56 bits per heavy atom. The number of hydrogen-bond donors (Lipinski definition) is 1. The third kappa shape index (κ3) is 1.87. The molecule has 0 radical (unpaired) electrons. The quantitative estimate of drug-likeness (QED) is 0.828. The summed E-state index contributed by atoms with van der Waals surface area (Å²) in [5.41, 5.74) is 0.898. The van der Waals surface area contributed by atoms with Crippen LogP contribution in [-0.2, 0) is 0 Å². The van der Waals surface area contributed by atoms with Crippen molar-refractivity contribution in [2.45, 2.75) is 26.3 Å². The second-order valence-electron chi connectivity index (χ2n) is 4.52. The number of aromatic carboxylic acids is 1. The molecule has 2 heterocycles. The predicted molar refractivity (Wildman–Crippen MR) is 61.8 cm³/mol. The molecule has 1 aromatic rings. The summed E-state index contributed by atoms with van der Waals surface area (Å²) in [4.78, 5) is 17.2. The molecule has 0 unspecified atom stereocenters. The first kappa shape index (κ1) is 10.9. The highest BCUT2D eigenvalue weighted by atomic mass is 16.4. The molecule has 1 aliphatic heterocycles. The van der Waals surface area contributed by atoms with Crippen molar-refractivity contribution < 1.29 is 9.90 Å². The van der Waals surface area contributed by atoms with Gasteiger partial charge in [0.05, 0.1) is 5.69 Å². The Morgan fingerprint density at radius 2 is 2.31 bits per heavy atom. The lowest BCUT2D eigenvalue weighted by molar-refractivity contribution is 0.0691. The van der Waals surface area contributed by atoms with E-state index in [9.17, 15) is 4.79 Å². The van der Waals surface area contributed by atoms with Crippen LogP contribution in [0.3, 0.4) is 0 Å². The normalized spacial score (nSPS) is 24.8. The second-order valence-corrected chi connectivity index (χ2v) is 4.52. The van der Waals surface area contributed by atoms with Crippen LogP contribution in [0.25, 0.3) is 0 Å². The Labute approximate surface area is 94.9 Å². The zero-order valence-corrected chi connectivity index (χ0v) is 9.55. The molecule has 0 saturated carbocycles. The van der Waals surface area contributed by atoms with E-state index in [-0.39, 0.29) is 5.69 Å². The monoisotopic (exact) mass is 220 g/mol. The molecule has 2 rings (SSSR count). The number of pyridine rings is 1. The summed E-state index contributed by atoms with van der Waals surface area (Å²) in [6.45, 7) is 5.22. The molecule has 0 aliphatic carbocycles. The van der Waals surface area contributed by atoms with Crippen LogP contribution in [-0.4, -0.2) is 28.6 Å².